The summed E-state index contributed by atoms with van der Waals surface area (Å²) in [6, 6.07) is 11.8. The standard InChI is InChI=1S/C23H27IN4O4/c1-2-10-31-20-7-6-15(11-18(20)24)22-26-21(27-32-22)17-4-3-5-19-16(17)8-9-28(19)12-23(25,13-29)14-30/h3-7,11,29-30H,2,8-10,12-14,25H2,1H3. The van der Waals surface area contributed by atoms with Gasteiger partial charge in [0.25, 0.3) is 5.89 Å². The van der Waals surface area contributed by atoms with Gasteiger partial charge in [-0.3, -0.25) is 0 Å². The van der Waals surface area contributed by atoms with E-state index >= 15 is 0 Å². The van der Waals surface area contributed by atoms with E-state index in [1.54, 1.807) is 0 Å². The van der Waals surface area contributed by atoms with Crippen LogP contribution in [0.5, 0.6) is 5.75 Å². The minimum absolute atomic E-state index is 0.287. The molecular formula is C23H27IN4O4. The zero-order valence-electron chi connectivity index (χ0n) is 17.9. The first-order chi connectivity index (χ1) is 15.5. The quantitative estimate of drug-likeness (QED) is 0.349. The first-order valence-corrected chi connectivity index (χ1v) is 11.7. The Hall–Kier alpha value is -2.21. The van der Waals surface area contributed by atoms with Gasteiger partial charge in [-0.25, -0.2) is 0 Å². The second-order valence-electron chi connectivity index (χ2n) is 8.07. The third kappa shape index (κ3) is 4.61. The van der Waals surface area contributed by atoms with Crippen LogP contribution in [0.1, 0.15) is 18.9 Å². The van der Waals surface area contributed by atoms with E-state index in [1.807, 2.05) is 36.4 Å². The Morgan fingerprint density at radius 3 is 2.78 bits per heavy atom. The van der Waals surface area contributed by atoms with Crippen molar-refractivity contribution in [3.05, 3.63) is 45.5 Å². The van der Waals surface area contributed by atoms with Crippen LogP contribution in [0.3, 0.4) is 0 Å². The molecule has 0 radical (unpaired) electrons. The molecule has 0 unspecified atom stereocenters. The van der Waals surface area contributed by atoms with Crippen molar-refractivity contribution in [3.63, 3.8) is 0 Å². The van der Waals surface area contributed by atoms with E-state index in [2.05, 4.69) is 44.6 Å². The molecule has 9 heteroatoms. The molecule has 1 aliphatic rings. The van der Waals surface area contributed by atoms with E-state index in [-0.39, 0.29) is 13.2 Å². The highest BCUT2D eigenvalue weighted by atomic mass is 127. The molecule has 0 spiro atoms. The van der Waals surface area contributed by atoms with Crippen LogP contribution in [-0.4, -0.2) is 58.8 Å². The molecule has 0 amide bonds. The van der Waals surface area contributed by atoms with Crippen LogP contribution in [0.2, 0.25) is 0 Å². The molecule has 8 nitrogen and oxygen atoms in total. The summed E-state index contributed by atoms with van der Waals surface area (Å²) in [6.45, 7) is 3.28. The van der Waals surface area contributed by atoms with Gasteiger partial charge in [-0.15, -0.1) is 0 Å². The largest absolute Gasteiger partial charge is 0.492 e. The van der Waals surface area contributed by atoms with E-state index in [9.17, 15) is 10.2 Å². The minimum atomic E-state index is -1.05. The molecule has 4 N–H and O–H groups in total. The molecule has 2 heterocycles. The molecule has 0 aliphatic carbocycles. The summed E-state index contributed by atoms with van der Waals surface area (Å²) >= 11 is 2.25. The fourth-order valence-corrected chi connectivity index (χ4v) is 4.49. The minimum Gasteiger partial charge on any atom is -0.492 e. The molecule has 170 valence electrons. The molecule has 3 aromatic rings. The number of fused-ring (bicyclic) bond motifs is 1. The Bertz CT molecular complexity index is 1080. The SMILES string of the molecule is CCCOc1ccc(-c2nc(-c3cccc4c3CCN4CC(N)(CO)CO)no2)cc1I. The number of anilines is 1. The summed E-state index contributed by atoms with van der Waals surface area (Å²) in [4.78, 5) is 6.73. The number of aliphatic hydroxyl groups excluding tert-OH is 2. The van der Waals surface area contributed by atoms with Crippen LogP contribution in [0.25, 0.3) is 22.8 Å². The monoisotopic (exact) mass is 550 g/mol. The molecule has 1 aliphatic heterocycles. The maximum absolute atomic E-state index is 9.56. The fraction of sp³-hybridized carbons (Fsp3) is 0.391. The third-order valence-electron chi connectivity index (χ3n) is 5.57. The number of rotatable bonds is 9. The summed E-state index contributed by atoms with van der Waals surface area (Å²) < 4.78 is 12.3. The molecule has 1 aromatic heterocycles. The Kier molecular flexibility index (Phi) is 6.99. The van der Waals surface area contributed by atoms with Crippen molar-refractivity contribution < 1.29 is 19.5 Å². The molecule has 0 atom stereocenters. The van der Waals surface area contributed by atoms with Gasteiger partial charge in [-0.1, -0.05) is 24.2 Å². The number of aliphatic hydroxyl groups is 2. The number of hydrogen-bond acceptors (Lipinski definition) is 8. The molecule has 0 fully saturated rings. The molecular weight excluding hydrogens is 523 g/mol. The van der Waals surface area contributed by atoms with Gasteiger partial charge < -0.3 is 30.1 Å². The highest BCUT2D eigenvalue weighted by molar-refractivity contribution is 14.1. The topological polar surface area (TPSA) is 118 Å². The number of benzene rings is 2. The van der Waals surface area contributed by atoms with E-state index < -0.39 is 5.54 Å². The van der Waals surface area contributed by atoms with Crippen LogP contribution >= 0.6 is 22.6 Å². The maximum Gasteiger partial charge on any atom is 0.258 e. The van der Waals surface area contributed by atoms with Crippen molar-refractivity contribution in [2.24, 2.45) is 5.73 Å². The average molecular weight is 550 g/mol. The smallest absolute Gasteiger partial charge is 0.258 e. The van der Waals surface area contributed by atoms with Crippen LogP contribution in [0.4, 0.5) is 5.69 Å². The summed E-state index contributed by atoms with van der Waals surface area (Å²) in [6.07, 6.45) is 1.75. The molecule has 4 rings (SSSR count). The number of aromatic nitrogens is 2. The summed E-state index contributed by atoms with van der Waals surface area (Å²) in [7, 11) is 0. The lowest BCUT2D eigenvalue weighted by Crippen LogP contribution is -2.55. The van der Waals surface area contributed by atoms with E-state index in [0.29, 0.717) is 24.9 Å². The lowest BCUT2D eigenvalue weighted by atomic mass is 10.0. The second kappa shape index (κ2) is 9.74. The van der Waals surface area contributed by atoms with Crippen molar-refractivity contribution in [3.8, 4) is 28.6 Å². The van der Waals surface area contributed by atoms with Crippen molar-refractivity contribution in [2.45, 2.75) is 25.3 Å². The summed E-state index contributed by atoms with van der Waals surface area (Å²) in [5.41, 5.74) is 8.92. The average Bonchev–Trinajstić information content (AvgIpc) is 3.46. The van der Waals surface area contributed by atoms with Gasteiger partial charge >= 0.3 is 0 Å². The van der Waals surface area contributed by atoms with Crippen molar-refractivity contribution in [1.82, 2.24) is 10.1 Å². The predicted octanol–water partition coefficient (Wildman–Crippen LogP) is 2.84. The third-order valence-corrected chi connectivity index (χ3v) is 6.41. The number of ether oxygens (including phenoxy) is 1. The molecule has 32 heavy (non-hydrogen) atoms. The number of halogens is 1. The van der Waals surface area contributed by atoms with Gasteiger partial charge in [0.15, 0.2) is 0 Å². The zero-order valence-corrected chi connectivity index (χ0v) is 20.1. The van der Waals surface area contributed by atoms with Crippen LogP contribution in [-0.2, 0) is 6.42 Å². The first kappa shape index (κ1) is 23.0. The maximum atomic E-state index is 9.56. The van der Waals surface area contributed by atoms with E-state index in [0.717, 1.165) is 51.1 Å². The number of hydrogen-bond donors (Lipinski definition) is 3. The van der Waals surface area contributed by atoms with E-state index in [4.69, 9.17) is 15.0 Å². The summed E-state index contributed by atoms with van der Waals surface area (Å²) in [5.74, 6) is 1.83. The van der Waals surface area contributed by atoms with Crippen molar-refractivity contribution >= 4 is 28.3 Å². The molecule has 2 aromatic carbocycles. The van der Waals surface area contributed by atoms with Gasteiger partial charge in [-0.2, -0.15) is 4.98 Å². The van der Waals surface area contributed by atoms with Gasteiger partial charge in [0.05, 0.1) is 28.9 Å². The fourth-order valence-electron chi connectivity index (χ4n) is 3.82. The van der Waals surface area contributed by atoms with Crippen LogP contribution in [0, 0.1) is 3.57 Å². The van der Waals surface area contributed by atoms with E-state index in [1.165, 1.54) is 0 Å². The molecule has 0 saturated carbocycles. The summed E-state index contributed by atoms with van der Waals surface area (Å²) in [5, 5.41) is 23.4. The highest BCUT2D eigenvalue weighted by Crippen LogP contribution is 2.36. The lowest BCUT2D eigenvalue weighted by molar-refractivity contribution is 0.125. The Labute approximate surface area is 200 Å². The number of nitrogens with two attached hydrogens (primary N) is 1. The Morgan fingerprint density at radius 1 is 1.25 bits per heavy atom. The zero-order chi connectivity index (χ0) is 22.7. The normalized spacial score (nSPS) is 13.5. The number of nitrogens with zero attached hydrogens (tertiary/aromatic N) is 3. The van der Waals surface area contributed by atoms with Crippen LogP contribution < -0.4 is 15.4 Å². The van der Waals surface area contributed by atoms with Crippen LogP contribution in [0.15, 0.2) is 40.9 Å². The first-order valence-electron chi connectivity index (χ1n) is 10.6. The van der Waals surface area contributed by atoms with Crippen molar-refractivity contribution in [1.29, 1.82) is 0 Å². The lowest BCUT2D eigenvalue weighted by Gasteiger charge is -2.31. The second-order valence-corrected chi connectivity index (χ2v) is 9.23. The highest BCUT2D eigenvalue weighted by Gasteiger charge is 2.31. The molecule has 0 saturated heterocycles. The van der Waals surface area contributed by atoms with Crippen molar-refractivity contribution in [2.75, 3.05) is 37.8 Å². The van der Waals surface area contributed by atoms with Gasteiger partial charge in [0.1, 0.15) is 5.75 Å². The van der Waals surface area contributed by atoms with Gasteiger partial charge in [-0.05, 0) is 65.3 Å². The van der Waals surface area contributed by atoms with Gasteiger partial charge in [0, 0.05) is 29.9 Å². The predicted molar refractivity (Wildman–Crippen MR) is 131 cm³/mol. The Balaban J connectivity index is 1.59. The Morgan fingerprint density at radius 2 is 2.06 bits per heavy atom. The van der Waals surface area contributed by atoms with Gasteiger partial charge in [0.2, 0.25) is 5.82 Å². The molecule has 0 bridgehead atoms.